The van der Waals surface area contributed by atoms with Crippen molar-refractivity contribution in [3.8, 4) is 5.75 Å². The van der Waals surface area contributed by atoms with Gasteiger partial charge in [-0.05, 0) is 44.7 Å². The molecule has 0 heterocycles. The standard InChI is InChI=1S/C13H21NO3S/c1-11-6-7-13(12(2)10-11)17-8-4-3-5-9-18(14,15)16/h6-7,10H,3-5,8-9H2,1-2H3,(H2,14,15,16). The van der Waals surface area contributed by atoms with Gasteiger partial charge in [0.25, 0.3) is 0 Å². The van der Waals surface area contributed by atoms with Crippen LogP contribution in [0.15, 0.2) is 18.2 Å². The summed E-state index contributed by atoms with van der Waals surface area (Å²) in [7, 11) is -3.32. The number of unbranched alkanes of at least 4 members (excludes halogenated alkanes) is 2. The zero-order chi connectivity index (χ0) is 13.6. The van der Waals surface area contributed by atoms with E-state index in [-0.39, 0.29) is 5.75 Å². The lowest BCUT2D eigenvalue weighted by molar-refractivity contribution is 0.304. The average molecular weight is 271 g/mol. The highest BCUT2D eigenvalue weighted by Crippen LogP contribution is 2.18. The molecule has 0 atom stereocenters. The molecule has 5 heteroatoms. The summed E-state index contributed by atoms with van der Waals surface area (Å²) < 4.78 is 27.1. The molecule has 0 amide bonds. The normalized spacial score (nSPS) is 11.5. The highest BCUT2D eigenvalue weighted by Gasteiger charge is 2.02. The van der Waals surface area contributed by atoms with Gasteiger partial charge in [-0.15, -0.1) is 0 Å². The van der Waals surface area contributed by atoms with Crippen LogP contribution < -0.4 is 9.88 Å². The van der Waals surface area contributed by atoms with E-state index in [1.807, 2.05) is 26.0 Å². The monoisotopic (exact) mass is 271 g/mol. The number of hydrogen-bond acceptors (Lipinski definition) is 3. The van der Waals surface area contributed by atoms with E-state index in [0.717, 1.165) is 24.2 Å². The first-order valence-electron chi connectivity index (χ1n) is 6.09. The number of nitrogens with two attached hydrogens (primary N) is 1. The van der Waals surface area contributed by atoms with Crippen LogP contribution in [0.1, 0.15) is 30.4 Å². The molecule has 0 aromatic heterocycles. The molecule has 0 aliphatic heterocycles. The van der Waals surface area contributed by atoms with Crippen molar-refractivity contribution < 1.29 is 13.2 Å². The number of primary sulfonamides is 1. The Morgan fingerprint density at radius 3 is 2.50 bits per heavy atom. The lowest BCUT2D eigenvalue weighted by atomic mass is 10.1. The van der Waals surface area contributed by atoms with Gasteiger partial charge < -0.3 is 4.74 Å². The maximum absolute atomic E-state index is 10.7. The fraction of sp³-hybridized carbons (Fsp3) is 0.538. The lowest BCUT2D eigenvalue weighted by Gasteiger charge is -2.09. The quantitative estimate of drug-likeness (QED) is 0.772. The van der Waals surface area contributed by atoms with Gasteiger partial charge in [-0.2, -0.15) is 0 Å². The van der Waals surface area contributed by atoms with Gasteiger partial charge in [-0.3, -0.25) is 0 Å². The molecule has 0 aliphatic carbocycles. The number of hydrogen-bond donors (Lipinski definition) is 1. The highest BCUT2D eigenvalue weighted by molar-refractivity contribution is 7.89. The molecule has 0 saturated heterocycles. The summed E-state index contributed by atoms with van der Waals surface area (Å²) >= 11 is 0. The van der Waals surface area contributed by atoms with Crippen LogP contribution in [0.3, 0.4) is 0 Å². The van der Waals surface area contributed by atoms with E-state index in [9.17, 15) is 8.42 Å². The van der Waals surface area contributed by atoms with Gasteiger partial charge in [0.05, 0.1) is 12.4 Å². The molecule has 4 nitrogen and oxygen atoms in total. The molecule has 0 fully saturated rings. The molecule has 102 valence electrons. The Labute approximate surface area is 109 Å². The summed E-state index contributed by atoms with van der Waals surface area (Å²) in [6, 6.07) is 6.06. The second kappa shape index (κ2) is 6.75. The van der Waals surface area contributed by atoms with E-state index in [1.165, 1.54) is 5.56 Å². The summed E-state index contributed by atoms with van der Waals surface area (Å²) in [5, 5.41) is 4.92. The van der Waals surface area contributed by atoms with Crippen molar-refractivity contribution in [2.45, 2.75) is 33.1 Å². The number of rotatable bonds is 7. The van der Waals surface area contributed by atoms with Crippen LogP contribution in [0.25, 0.3) is 0 Å². The highest BCUT2D eigenvalue weighted by atomic mass is 32.2. The molecule has 0 unspecified atom stereocenters. The Morgan fingerprint density at radius 1 is 1.17 bits per heavy atom. The Hall–Kier alpha value is -1.07. The summed E-state index contributed by atoms with van der Waals surface area (Å²) in [6.07, 6.45) is 2.24. The third-order valence-electron chi connectivity index (χ3n) is 2.66. The molecule has 1 aromatic carbocycles. The topological polar surface area (TPSA) is 69.4 Å². The van der Waals surface area contributed by atoms with Crippen LogP contribution >= 0.6 is 0 Å². The largest absolute Gasteiger partial charge is 0.493 e. The van der Waals surface area contributed by atoms with E-state index < -0.39 is 10.0 Å². The minimum Gasteiger partial charge on any atom is -0.493 e. The zero-order valence-corrected chi connectivity index (χ0v) is 11.8. The zero-order valence-electron chi connectivity index (χ0n) is 11.0. The Bertz CT molecular complexity index is 483. The number of ether oxygens (including phenoxy) is 1. The molecule has 0 bridgehead atoms. The minimum atomic E-state index is -3.32. The maximum atomic E-state index is 10.7. The molecule has 2 N–H and O–H groups in total. The molecule has 0 saturated carbocycles. The predicted molar refractivity (Wildman–Crippen MR) is 73.2 cm³/mol. The molecule has 18 heavy (non-hydrogen) atoms. The summed E-state index contributed by atoms with van der Waals surface area (Å²) in [5.74, 6) is 0.948. The number of sulfonamides is 1. The predicted octanol–water partition coefficient (Wildman–Crippen LogP) is 2.14. The third kappa shape index (κ3) is 6.02. The van der Waals surface area contributed by atoms with E-state index in [0.29, 0.717) is 13.0 Å². The molecular weight excluding hydrogens is 250 g/mol. The van der Waals surface area contributed by atoms with Crippen LogP contribution in [0.5, 0.6) is 5.75 Å². The molecule has 1 aromatic rings. The van der Waals surface area contributed by atoms with Gasteiger partial charge in [-0.1, -0.05) is 17.7 Å². The van der Waals surface area contributed by atoms with Crippen molar-refractivity contribution in [1.29, 1.82) is 0 Å². The van der Waals surface area contributed by atoms with Crippen LogP contribution in [0.2, 0.25) is 0 Å². The van der Waals surface area contributed by atoms with Gasteiger partial charge in [0.2, 0.25) is 10.0 Å². The Morgan fingerprint density at radius 2 is 1.89 bits per heavy atom. The first kappa shape index (κ1) is 15.0. The first-order chi connectivity index (χ1) is 8.38. The SMILES string of the molecule is Cc1ccc(OCCCCCS(N)(=O)=O)c(C)c1. The van der Waals surface area contributed by atoms with Crippen LogP contribution in [0.4, 0.5) is 0 Å². The number of aryl methyl sites for hydroxylation is 2. The van der Waals surface area contributed by atoms with Gasteiger partial charge in [-0.25, -0.2) is 13.6 Å². The molecular formula is C13H21NO3S. The van der Waals surface area contributed by atoms with Gasteiger partial charge in [0.15, 0.2) is 0 Å². The van der Waals surface area contributed by atoms with E-state index in [2.05, 4.69) is 6.07 Å². The smallest absolute Gasteiger partial charge is 0.209 e. The van der Waals surface area contributed by atoms with E-state index in [1.54, 1.807) is 0 Å². The van der Waals surface area contributed by atoms with Gasteiger partial charge in [0.1, 0.15) is 5.75 Å². The van der Waals surface area contributed by atoms with E-state index in [4.69, 9.17) is 9.88 Å². The lowest BCUT2D eigenvalue weighted by Crippen LogP contribution is -2.16. The van der Waals surface area contributed by atoms with E-state index >= 15 is 0 Å². The maximum Gasteiger partial charge on any atom is 0.209 e. The first-order valence-corrected chi connectivity index (χ1v) is 7.80. The van der Waals surface area contributed by atoms with Crippen LogP contribution in [-0.2, 0) is 10.0 Å². The van der Waals surface area contributed by atoms with Gasteiger partial charge in [0, 0.05) is 0 Å². The van der Waals surface area contributed by atoms with Crippen molar-refractivity contribution >= 4 is 10.0 Å². The van der Waals surface area contributed by atoms with Crippen molar-refractivity contribution in [3.05, 3.63) is 29.3 Å². The minimum absolute atomic E-state index is 0.0521. The Balaban J connectivity index is 2.22. The second-order valence-electron chi connectivity index (χ2n) is 4.55. The Kier molecular flexibility index (Phi) is 5.62. The van der Waals surface area contributed by atoms with Crippen molar-refractivity contribution in [1.82, 2.24) is 0 Å². The molecule has 0 radical (unpaired) electrons. The molecule has 0 spiro atoms. The molecule has 0 aliphatic rings. The second-order valence-corrected chi connectivity index (χ2v) is 6.28. The van der Waals surface area contributed by atoms with Gasteiger partial charge >= 0.3 is 0 Å². The van der Waals surface area contributed by atoms with Crippen molar-refractivity contribution in [3.63, 3.8) is 0 Å². The summed E-state index contributed by atoms with van der Waals surface area (Å²) in [6.45, 7) is 4.67. The summed E-state index contributed by atoms with van der Waals surface area (Å²) in [5.41, 5.74) is 2.34. The average Bonchev–Trinajstić information content (AvgIpc) is 2.24. The fourth-order valence-corrected chi connectivity index (χ4v) is 2.33. The van der Waals surface area contributed by atoms with Crippen molar-refractivity contribution in [2.24, 2.45) is 5.14 Å². The summed E-state index contributed by atoms with van der Waals surface area (Å²) in [4.78, 5) is 0. The van der Waals surface area contributed by atoms with Crippen molar-refractivity contribution in [2.75, 3.05) is 12.4 Å². The fourth-order valence-electron chi connectivity index (χ4n) is 1.73. The third-order valence-corrected chi connectivity index (χ3v) is 3.52. The van der Waals surface area contributed by atoms with Crippen LogP contribution in [-0.4, -0.2) is 20.8 Å². The number of benzene rings is 1. The molecule has 1 rings (SSSR count). The van der Waals surface area contributed by atoms with Crippen LogP contribution in [0, 0.1) is 13.8 Å².